The second-order valence-electron chi connectivity index (χ2n) is 3.52. The summed E-state index contributed by atoms with van der Waals surface area (Å²) in [6.07, 6.45) is 0. The molecular formula is C12H6ClF3N2O. The summed E-state index contributed by atoms with van der Waals surface area (Å²) < 4.78 is 39.1. The van der Waals surface area contributed by atoms with Gasteiger partial charge in [0.25, 0.3) is 5.91 Å². The molecule has 0 aliphatic heterocycles. The van der Waals surface area contributed by atoms with Crippen molar-refractivity contribution in [3.8, 4) is 0 Å². The van der Waals surface area contributed by atoms with Crippen LogP contribution in [0.3, 0.4) is 0 Å². The molecular weight excluding hydrogens is 281 g/mol. The lowest BCUT2D eigenvalue weighted by Gasteiger charge is -2.06. The zero-order valence-electron chi connectivity index (χ0n) is 9.25. The van der Waals surface area contributed by atoms with Crippen molar-refractivity contribution in [1.82, 2.24) is 4.98 Å². The van der Waals surface area contributed by atoms with E-state index < -0.39 is 28.9 Å². The van der Waals surface area contributed by atoms with E-state index in [4.69, 9.17) is 11.6 Å². The summed E-state index contributed by atoms with van der Waals surface area (Å²) in [5.41, 5.74) is -0.624. The highest BCUT2D eigenvalue weighted by Gasteiger charge is 2.19. The first-order valence-electron chi connectivity index (χ1n) is 5.06. The number of aromatic nitrogens is 1. The summed E-state index contributed by atoms with van der Waals surface area (Å²) in [7, 11) is 0. The van der Waals surface area contributed by atoms with Crippen molar-refractivity contribution in [2.24, 2.45) is 0 Å². The van der Waals surface area contributed by atoms with Crippen LogP contribution in [0.2, 0.25) is 5.15 Å². The van der Waals surface area contributed by atoms with E-state index in [2.05, 4.69) is 10.3 Å². The quantitative estimate of drug-likeness (QED) is 0.679. The SMILES string of the molecule is O=C(Nc1cccc(Cl)n1)c1ccc(F)c(F)c1F. The molecule has 0 saturated heterocycles. The molecule has 2 aromatic rings. The van der Waals surface area contributed by atoms with Gasteiger partial charge in [0.15, 0.2) is 17.5 Å². The maximum Gasteiger partial charge on any atom is 0.259 e. The largest absolute Gasteiger partial charge is 0.306 e. The Kier molecular flexibility index (Phi) is 3.71. The monoisotopic (exact) mass is 286 g/mol. The van der Waals surface area contributed by atoms with Gasteiger partial charge in [0.2, 0.25) is 0 Å². The minimum absolute atomic E-state index is 0.0710. The summed E-state index contributed by atoms with van der Waals surface area (Å²) in [5.74, 6) is -5.51. The van der Waals surface area contributed by atoms with Crippen LogP contribution >= 0.6 is 11.6 Å². The average Bonchev–Trinajstić information content (AvgIpc) is 2.36. The number of carbonyl (C=O) groups is 1. The molecule has 1 N–H and O–H groups in total. The molecule has 0 saturated carbocycles. The molecule has 1 aromatic heterocycles. The number of nitrogens with zero attached hydrogens (tertiary/aromatic N) is 1. The molecule has 1 aromatic carbocycles. The van der Waals surface area contributed by atoms with Crippen LogP contribution in [0.15, 0.2) is 30.3 Å². The number of rotatable bonds is 2. The van der Waals surface area contributed by atoms with E-state index in [1.807, 2.05) is 0 Å². The molecule has 0 bridgehead atoms. The van der Waals surface area contributed by atoms with Gasteiger partial charge in [0.1, 0.15) is 11.0 Å². The highest BCUT2D eigenvalue weighted by molar-refractivity contribution is 6.29. The standard InChI is InChI=1S/C12H6ClF3N2O/c13-8-2-1-3-9(17-8)18-12(19)6-4-5-7(14)11(16)10(6)15/h1-5H,(H,17,18,19). The number of hydrogen-bond donors (Lipinski definition) is 1. The van der Waals surface area contributed by atoms with Crippen molar-refractivity contribution in [1.29, 1.82) is 0 Å². The van der Waals surface area contributed by atoms with Gasteiger partial charge in [0, 0.05) is 0 Å². The van der Waals surface area contributed by atoms with E-state index in [0.29, 0.717) is 6.07 Å². The van der Waals surface area contributed by atoms with Crippen molar-refractivity contribution in [2.45, 2.75) is 0 Å². The fourth-order valence-corrected chi connectivity index (χ4v) is 1.53. The molecule has 0 aliphatic rings. The third-order valence-corrected chi connectivity index (χ3v) is 2.45. The van der Waals surface area contributed by atoms with Crippen molar-refractivity contribution in [2.75, 3.05) is 5.32 Å². The fourth-order valence-electron chi connectivity index (χ4n) is 1.36. The molecule has 0 aliphatic carbocycles. The van der Waals surface area contributed by atoms with Crippen molar-refractivity contribution < 1.29 is 18.0 Å². The number of halogens is 4. The first-order chi connectivity index (χ1) is 8.99. The number of nitrogens with one attached hydrogen (secondary N) is 1. The number of hydrogen-bond acceptors (Lipinski definition) is 2. The maximum absolute atomic E-state index is 13.4. The number of amides is 1. The van der Waals surface area contributed by atoms with Crippen molar-refractivity contribution in [3.63, 3.8) is 0 Å². The molecule has 0 radical (unpaired) electrons. The predicted octanol–water partition coefficient (Wildman–Crippen LogP) is 3.40. The lowest BCUT2D eigenvalue weighted by Crippen LogP contribution is -2.16. The normalized spacial score (nSPS) is 10.3. The van der Waals surface area contributed by atoms with E-state index >= 15 is 0 Å². The third kappa shape index (κ3) is 2.85. The second-order valence-corrected chi connectivity index (χ2v) is 3.91. The molecule has 2 rings (SSSR count). The van der Waals surface area contributed by atoms with Crippen LogP contribution < -0.4 is 5.32 Å². The number of benzene rings is 1. The highest BCUT2D eigenvalue weighted by atomic mass is 35.5. The summed E-state index contributed by atoms with van der Waals surface area (Å²) >= 11 is 5.61. The molecule has 1 amide bonds. The van der Waals surface area contributed by atoms with E-state index in [1.54, 1.807) is 0 Å². The van der Waals surface area contributed by atoms with Gasteiger partial charge in [0.05, 0.1) is 5.56 Å². The van der Waals surface area contributed by atoms with E-state index in [-0.39, 0.29) is 11.0 Å². The van der Waals surface area contributed by atoms with E-state index in [0.717, 1.165) is 6.07 Å². The number of pyridine rings is 1. The fraction of sp³-hybridized carbons (Fsp3) is 0. The van der Waals surface area contributed by atoms with Gasteiger partial charge in [-0.1, -0.05) is 17.7 Å². The first-order valence-corrected chi connectivity index (χ1v) is 5.44. The Labute approximate surface area is 111 Å². The Bertz CT molecular complexity index is 649. The van der Waals surface area contributed by atoms with E-state index in [1.165, 1.54) is 18.2 Å². The van der Waals surface area contributed by atoms with Crippen LogP contribution in [0.5, 0.6) is 0 Å². The van der Waals surface area contributed by atoms with Crippen LogP contribution in [0.25, 0.3) is 0 Å². The minimum atomic E-state index is -1.70. The Balaban J connectivity index is 2.28. The van der Waals surface area contributed by atoms with Gasteiger partial charge >= 0.3 is 0 Å². The zero-order chi connectivity index (χ0) is 14.0. The molecule has 19 heavy (non-hydrogen) atoms. The van der Waals surface area contributed by atoms with Crippen molar-refractivity contribution >= 4 is 23.3 Å². The van der Waals surface area contributed by atoms with Gasteiger partial charge in [-0.15, -0.1) is 0 Å². The maximum atomic E-state index is 13.4. The number of carbonyl (C=O) groups excluding carboxylic acids is 1. The van der Waals surface area contributed by atoms with Crippen LogP contribution in [0.4, 0.5) is 19.0 Å². The lowest BCUT2D eigenvalue weighted by atomic mass is 10.2. The lowest BCUT2D eigenvalue weighted by molar-refractivity contribution is 0.102. The number of anilines is 1. The Morgan fingerprint density at radius 2 is 1.84 bits per heavy atom. The molecule has 0 unspecified atom stereocenters. The van der Waals surface area contributed by atoms with E-state index in [9.17, 15) is 18.0 Å². The summed E-state index contributed by atoms with van der Waals surface area (Å²) in [4.78, 5) is 15.4. The molecule has 98 valence electrons. The smallest absolute Gasteiger partial charge is 0.259 e. The highest BCUT2D eigenvalue weighted by Crippen LogP contribution is 2.17. The topological polar surface area (TPSA) is 42.0 Å². The second kappa shape index (κ2) is 5.27. The first kappa shape index (κ1) is 13.4. The Morgan fingerprint density at radius 1 is 1.11 bits per heavy atom. The van der Waals surface area contributed by atoms with Crippen LogP contribution in [-0.4, -0.2) is 10.9 Å². The van der Waals surface area contributed by atoms with Crippen LogP contribution in [-0.2, 0) is 0 Å². The minimum Gasteiger partial charge on any atom is -0.306 e. The van der Waals surface area contributed by atoms with Gasteiger partial charge < -0.3 is 5.32 Å². The molecule has 7 heteroatoms. The van der Waals surface area contributed by atoms with Crippen molar-refractivity contribution in [3.05, 3.63) is 58.5 Å². The Hall–Kier alpha value is -2.08. The molecule has 0 atom stereocenters. The summed E-state index contributed by atoms with van der Waals surface area (Å²) in [6.45, 7) is 0. The Morgan fingerprint density at radius 3 is 2.53 bits per heavy atom. The van der Waals surface area contributed by atoms with Gasteiger partial charge in [-0.05, 0) is 24.3 Å². The van der Waals surface area contributed by atoms with Crippen LogP contribution in [0, 0.1) is 17.5 Å². The van der Waals surface area contributed by atoms with Gasteiger partial charge in [-0.3, -0.25) is 4.79 Å². The predicted molar refractivity (Wildman–Crippen MR) is 63.5 cm³/mol. The summed E-state index contributed by atoms with van der Waals surface area (Å²) in [6, 6.07) is 5.93. The summed E-state index contributed by atoms with van der Waals surface area (Å²) in [5, 5.41) is 2.35. The third-order valence-electron chi connectivity index (χ3n) is 2.24. The average molecular weight is 287 g/mol. The zero-order valence-corrected chi connectivity index (χ0v) is 10.0. The molecule has 1 heterocycles. The molecule has 0 spiro atoms. The van der Waals surface area contributed by atoms with Gasteiger partial charge in [-0.2, -0.15) is 0 Å². The molecule has 0 fully saturated rings. The van der Waals surface area contributed by atoms with Gasteiger partial charge in [-0.25, -0.2) is 18.2 Å². The van der Waals surface area contributed by atoms with Crippen LogP contribution in [0.1, 0.15) is 10.4 Å². The molecule has 3 nitrogen and oxygen atoms in total.